The minimum Gasteiger partial charge on any atom is -0.378 e. The van der Waals surface area contributed by atoms with Gasteiger partial charge in [0.25, 0.3) is 0 Å². The van der Waals surface area contributed by atoms with Crippen LogP contribution < -0.4 is 0 Å². The standard InChI is InChI=1S/C14H16O2/c1-14(2,16)11-10-13(15)9-8-12-6-4-3-5-7-12/h3-7,16H,8-9H2,1-2H3. The number of Topliss-reactive ketones (excluding diaryl/α,β-unsaturated/α-hetero) is 1. The minimum atomic E-state index is -1.09. The van der Waals surface area contributed by atoms with Crippen LogP contribution in [0.4, 0.5) is 0 Å². The molecule has 2 nitrogen and oxygen atoms in total. The molecule has 1 aromatic carbocycles. The van der Waals surface area contributed by atoms with Gasteiger partial charge in [-0.25, -0.2) is 0 Å². The molecule has 0 aliphatic rings. The van der Waals surface area contributed by atoms with Crippen molar-refractivity contribution in [3.05, 3.63) is 35.9 Å². The van der Waals surface area contributed by atoms with Gasteiger partial charge in [0.1, 0.15) is 5.60 Å². The average molecular weight is 216 g/mol. The predicted molar refractivity (Wildman–Crippen MR) is 63.8 cm³/mol. The minimum absolute atomic E-state index is 0.133. The molecule has 84 valence electrons. The maximum absolute atomic E-state index is 11.4. The maximum atomic E-state index is 11.4. The fourth-order valence-corrected chi connectivity index (χ4v) is 1.19. The van der Waals surface area contributed by atoms with Gasteiger partial charge in [0.15, 0.2) is 0 Å². The zero-order chi connectivity index (χ0) is 12.0. The Morgan fingerprint density at radius 2 is 1.94 bits per heavy atom. The molecule has 0 radical (unpaired) electrons. The summed E-state index contributed by atoms with van der Waals surface area (Å²) >= 11 is 0. The summed E-state index contributed by atoms with van der Waals surface area (Å²) in [5.41, 5.74) is 0.0310. The summed E-state index contributed by atoms with van der Waals surface area (Å²) in [6.45, 7) is 3.12. The van der Waals surface area contributed by atoms with E-state index in [-0.39, 0.29) is 5.78 Å². The maximum Gasteiger partial charge on any atom is 0.205 e. The number of ketones is 1. The zero-order valence-corrected chi connectivity index (χ0v) is 9.66. The molecular formula is C14H16O2. The number of carbonyl (C=O) groups excluding carboxylic acids is 1. The van der Waals surface area contributed by atoms with Crippen LogP contribution in [0.15, 0.2) is 30.3 Å². The van der Waals surface area contributed by atoms with Crippen molar-refractivity contribution in [2.24, 2.45) is 0 Å². The lowest BCUT2D eigenvalue weighted by Crippen LogP contribution is -2.15. The van der Waals surface area contributed by atoms with Gasteiger partial charge in [-0.3, -0.25) is 4.79 Å². The van der Waals surface area contributed by atoms with Crippen molar-refractivity contribution in [3.63, 3.8) is 0 Å². The second-order valence-electron chi connectivity index (χ2n) is 4.22. The second-order valence-corrected chi connectivity index (χ2v) is 4.22. The summed E-state index contributed by atoms with van der Waals surface area (Å²) < 4.78 is 0. The topological polar surface area (TPSA) is 37.3 Å². The van der Waals surface area contributed by atoms with E-state index in [0.717, 1.165) is 5.56 Å². The van der Waals surface area contributed by atoms with Crippen molar-refractivity contribution in [1.29, 1.82) is 0 Å². The molecule has 0 saturated heterocycles. The molecule has 2 heteroatoms. The quantitative estimate of drug-likeness (QED) is 0.619. The molecular weight excluding hydrogens is 200 g/mol. The highest BCUT2D eigenvalue weighted by atomic mass is 16.3. The normalized spacial score (nSPS) is 10.4. The lowest BCUT2D eigenvalue weighted by atomic mass is 10.1. The molecule has 0 bridgehead atoms. The molecule has 1 rings (SSSR count). The molecule has 0 saturated carbocycles. The van der Waals surface area contributed by atoms with Crippen LogP contribution in [0, 0.1) is 11.8 Å². The van der Waals surface area contributed by atoms with Crippen LogP contribution in [-0.4, -0.2) is 16.5 Å². The summed E-state index contributed by atoms with van der Waals surface area (Å²) in [7, 11) is 0. The van der Waals surface area contributed by atoms with Crippen LogP contribution in [0.5, 0.6) is 0 Å². The van der Waals surface area contributed by atoms with Gasteiger partial charge in [-0.05, 0) is 31.8 Å². The third-order valence-electron chi connectivity index (χ3n) is 1.99. The Morgan fingerprint density at radius 3 is 2.50 bits per heavy atom. The van der Waals surface area contributed by atoms with Crippen molar-refractivity contribution in [2.45, 2.75) is 32.3 Å². The molecule has 16 heavy (non-hydrogen) atoms. The summed E-state index contributed by atoms with van der Waals surface area (Å²) in [4.78, 5) is 11.4. The summed E-state index contributed by atoms with van der Waals surface area (Å²) in [6.07, 6.45) is 1.09. The lowest BCUT2D eigenvalue weighted by molar-refractivity contribution is -0.113. The van der Waals surface area contributed by atoms with Gasteiger partial charge >= 0.3 is 0 Å². The van der Waals surface area contributed by atoms with Crippen LogP contribution >= 0.6 is 0 Å². The van der Waals surface area contributed by atoms with Gasteiger partial charge in [0, 0.05) is 6.42 Å². The van der Waals surface area contributed by atoms with Crippen LogP contribution in [0.3, 0.4) is 0 Å². The van der Waals surface area contributed by atoms with Crippen LogP contribution in [-0.2, 0) is 11.2 Å². The van der Waals surface area contributed by atoms with E-state index in [1.807, 2.05) is 30.3 Å². The van der Waals surface area contributed by atoms with Gasteiger partial charge in [-0.1, -0.05) is 36.3 Å². The Morgan fingerprint density at radius 1 is 1.31 bits per heavy atom. The van der Waals surface area contributed by atoms with E-state index in [9.17, 15) is 9.90 Å². The Labute approximate surface area is 96.3 Å². The number of rotatable bonds is 3. The second kappa shape index (κ2) is 5.48. The molecule has 0 heterocycles. The molecule has 0 spiro atoms. The van der Waals surface area contributed by atoms with Crippen molar-refractivity contribution >= 4 is 5.78 Å². The van der Waals surface area contributed by atoms with Crippen LogP contribution in [0.1, 0.15) is 25.8 Å². The summed E-state index contributed by atoms with van der Waals surface area (Å²) in [5, 5.41) is 9.33. The fourth-order valence-electron chi connectivity index (χ4n) is 1.19. The smallest absolute Gasteiger partial charge is 0.205 e. The molecule has 0 aromatic heterocycles. The Balaban J connectivity index is 2.45. The summed E-state index contributed by atoms with van der Waals surface area (Å²) in [6, 6.07) is 9.80. The van der Waals surface area contributed by atoms with Crippen molar-refractivity contribution in [2.75, 3.05) is 0 Å². The number of benzene rings is 1. The first kappa shape index (κ1) is 12.5. The van der Waals surface area contributed by atoms with E-state index in [2.05, 4.69) is 11.8 Å². The summed E-state index contributed by atoms with van der Waals surface area (Å²) in [5.74, 6) is 4.83. The van der Waals surface area contributed by atoms with Gasteiger partial charge in [-0.15, -0.1) is 0 Å². The highest BCUT2D eigenvalue weighted by Gasteiger charge is 2.07. The number of aliphatic hydroxyl groups is 1. The highest BCUT2D eigenvalue weighted by molar-refractivity contribution is 5.95. The fraction of sp³-hybridized carbons (Fsp3) is 0.357. The molecule has 0 amide bonds. The van der Waals surface area contributed by atoms with E-state index in [0.29, 0.717) is 12.8 Å². The van der Waals surface area contributed by atoms with Gasteiger partial charge < -0.3 is 5.11 Å². The zero-order valence-electron chi connectivity index (χ0n) is 9.66. The first-order valence-electron chi connectivity index (χ1n) is 5.30. The van der Waals surface area contributed by atoms with Crippen molar-refractivity contribution in [1.82, 2.24) is 0 Å². The van der Waals surface area contributed by atoms with Gasteiger partial charge in [-0.2, -0.15) is 0 Å². The molecule has 0 unspecified atom stereocenters. The number of aryl methyl sites for hydroxylation is 1. The van der Waals surface area contributed by atoms with E-state index >= 15 is 0 Å². The largest absolute Gasteiger partial charge is 0.378 e. The lowest BCUT2D eigenvalue weighted by Gasteiger charge is -2.05. The monoisotopic (exact) mass is 216 g/mol. The average Bonchev–Trinajstić information content (AvgIpc) is 2.24. The SMILES string of the molecule is CC(C)(O)C#CC(=O)CCc1ccccc1. The van der Waals surface area contributed by atoms with E-state index < -0.39 is 5.60 Å². The number of hydrogen-bond acceptors (Lipinski definition) is 2. The van der Waals surface area contributed by atoms with Crippen LogP contribution in [0.2, 0.25) is 0 Å². The highest BCUT2D eigenvalue weighted by Crippen LogP contribution is 2.03. The molecule has 0 aliphatic carbocycles. The predicted octanol–water partition coefficient (Wildman–Crippen LogP) is 1.96. The molecule has 0 atom stereocenters. The van der Waals surface area contributed by atoms with E-state index in [1.165, 1.54) is 0 Å². The van der Waals surface area contributed by atoms with Crippen LogP contribution in [0.25, 0.3) is 0 Å². The van der Waals surface area contributed by atoms with E-state index in [4.69, 9.17) is 0 Å². The molecule has 1 aromatic rings. The van der Waals surface area contributed by atoms with Crippen molar-refractivity contribution < 1.29 is 9.90 Å². The Kier molecular flexibility index (Phi) is 4.28. The number of carbonyl (C=O) groups is 1. The van der Waals surface area contributed by atoms with Gasteiger partial charge in [0.05, 0.1) is 0 Å². The molecule has 0 aliphatic heterocycles. The van der Waals surface area contributed by atoms with Crippen molar-refractivity contribution in [3.8, 4) is 11.8 Å². The van der Waals surface area contributed by atoms with Gasteiger partial charge in [0.2, 0.25) is 5.78 Å². The Hall–Kier alpha value is -1.59. The molecule has 0 fully saturated rings. The number of hydrogen-bond donors (Lipinski definition) is 1. The Bertz CT molecular complexity index is 402. The first-order chi connectivity index (χ1) is 7.47. The first-order valence-corrected chi connectivity index (χ1v) is 5.30. The van der Waals surface area contributed by atoms with E-state index in [1.54, 1.807) is 13.8 Å². The third-order valence-corrected chi connectivity index (χ3v) is 1.99. The third kappa shape index (κ3) is 5.33. The molecule has 1 N–H and O–H groups in total.